The number of pyridine rings is 1. The number of nitrogens with zero attached hydrogens (tertiary/aromatic N) is 1. The number of hydrogen-bond acceptors (Lipinski definition) is 4. The summed E-state index contributed by atoms with van der Waals surface area (Å²) < 4.78 is 5.13. The van der Waals surface area contributed by atoms with Crippen molar-refractivity contribution in [3.8, 4) is 5.75 Å². The van der Waals surface area contributed by atoms with Crippen LogP contribution in [0.3, 0.4) is 0 Å². The van der Waals surface area contributed by atoms with Gasteiger partial charge >= 0.3 is 0 Å². The Morgan fingerprint density at radius 2 is 2.19 bits per heavy atom. The Morgan fingerprint density at radius 3 is 2.90 bits per heavy atom. The average molecular weight is 306 g/mol. The number of ether oxygens (including phenoxy) is 1. The van der Waals surface area contributed by atoms with Crippen molar-refractivity contribution in [2.75, 3.05) is 24.3 Å². The Bertz CT molecular complexity index is 647. The number of aromatic nitrogens is 1. The number of benzene rings is 1. The van der Waals surface area contributed by atoms with Gasteiger partial charge in [-0.3, -0.25) is 9.78 Å². The quantitative estimate of drug-likeness (QED) is 0.888. The Morgan fingerprint density at radius 1 is 1.38 bits per heavy atom. The van der Waals surface area contributed by atoms with Gasteiger partial charge in [-0.15, -0.1) is 0 Å². The zero-order chi connectivity index (χ0) is 15.2. The molecule has 5 nitrogen and oxygen atoms in total. The lowest BCUT2D eigenvalue weighted by molar-refractivity contribution is 0.102. The van der Waals surface area contributed by atoms with Gasteiger partial charge in [-0.25, -0.2) is 0 Å². The van der Waals surface area contributed by atoms with Gasteiger partial charge in [0, 0.05) is 30.7 Å². The van der Waals surface area contributed by atoms with Gasteiger partial charge in [0.05, 0.1) is 23.4 Å². The molecule has 1 aromatic carbocycles. The summed E-state index contributed by atoms with van der Waals surface area (Å²) in [6.45, 7) is 2.69. The minimum absolute atomic E-state index is 0.247. The molecule has 2 N–H and O–H groups in total. The second-order valence-electron chi connectivity index (χ2n) is 4.26. The molecule has 1 heterocycles. The number of anilines is 2. The van der Waals surface area contributed by atoms with Crippen molar-refractivity contribution in [3.05, 3.63) is 47.2 Å². The van der Waals surface area contributed by atoms with Crippen LogP contribution in [0.4, 0.5) is 11.4 Å². The summed E-state index contributed by atoms with van der Waals surface area (Å²) in [4.78, 5) is 16.3. The van der Waals surface area contributed by atoms with Crippen LogP contribution in [0.25, 0.3) is 0 Å². The maximum atomic E-state index is 12.3. The number of carbonyl (C=O) groups excluding carboxylic acids is 1. The number of nitrogens with one attached hydrogen (secondary N) is 2. The van der Waals surface area contributed by atoms with E-state index in [4.69, 9.17) is 16.3 Å². The predicted molar refractivity (Wildman–Crippen MR) is 84.4 cm³/mol. The Kier molecular flexibility index (Phi) is 5.00. The van der Waals surface area contributed by atoms with E-state index in [1.165, 1.54) is 13.3 Å². The van der Waals surface area contributed by atoms with E-state index in [-0.39, 0.29) is 5.91 Å². The van der Waals surface area contributed by atoms with Crippen LogP contribution in [0.1, 0.15) is 17.3 Å². The molecule has 0 aliphatic carbocycles. The summed E-state index contributed by atoms with van der Waals surface area (Å²) >= 11 is 5.96. The van der Waals surface area contributed by atoms with Gasteiger partial charge in [0.15, 0.2) is 0 Å². The summed E-state index contributed by atoms with van der Waals surface area (Å²) in [5.41, 5.74) is 1.83. The van der Waals surface area contributed by atoms with Gasteiger partial charge < -0.3 is 15.4 Å². The van der Waals surface area contributed by atoms with Gasteiger partial charge in [-0.2, -0.15) is 0 Å². The van der Waals surface area contributed by atoms with Crippen LogP contribution in [0, 0.1) is 0 Å². The van der Waals surface area contributed by atoms with Crippen LogP contribution in [-0.4, -0.2) is 24.5 Å². The standard InChI is InChI=1S/C15H16ClN3O2/c1-3-18-13-6-7-17-9-11(13)15(20)19-10-4-5-12(16)14(8-10)21-2/h4-9H,3H2,1-2H3,(H,17,18)(H,19,20). The van der Waals surface area contributed by atoms with Crippen LogP contribution in [0.5, 0.6) is 5.75 Å². The second-order valence-corrected chi connectivity index (χ2v) is 4.66. The molecule has 110 valence electrons. The molecular formula is C15H16ClN3O2. The largest absolute Gasteiger partial charge is 0.495 e. The zero-order valence-corrected chi connectivity index (χ0v) is 12.6. The van der Waals surface area contributed by atoms with Crippen LogP contribution in [0.2, 0.25) is 5.02 Å². The van der Waals surface area contributed by atoms with Gasteiger partial charge in [0.2, 0.25) is 0 Å². The van der Waals surface area contributed by atoms with Crippen LogP contribution < -0.4 is 15.4 Å². The molecule has 0 saturated carbocycles. The molecular weight excluding hydrogens is 290 g/mol. The van der Waals surface area contributed by atoms with E-state index in [1.54, 1.807) is 30.5 Å². The monoisotopic (exact) mass is 305 g/mol. The van der Waals surface area contributed by atoms with Gasteiger partial charge in [0.25, 0.3) is 5.91 Å². The van der Waals surface area contributed by atoms with E-state index in [0.29, 0.717) is 22.0 Å². The fraction of sp³-hybridized carbons (Fsp3) is 0.200. The SMILES string of the molecule is CCNc1ccncc1C(=O)Nc1ccc(Cl)c(OC)c1. The number of rotatable bonds is 5. The lowest BCUT2D eigenvalue weighted by Gasteiger charge is -2.11. The highest BCUT2D eigenvalue weighted by molar-refractivity contribution is 6.32. The highest BCUT2D eigenvalue weighted by atomic mass is 35.5. The third-order valence-electron chi connectivity index (χ3n) is 2.84. The first kappa shape index (κ1) is 15.1. The molecule has 2 aromatic rings. The summed E-state index contributed by atoms with van der Waals surface area (Å²) in [5.74, 6) is 0.260. The van der Waals surface area contributed by atoms with Gasteiger partial charge in [-0.1, -0.05) is 11.6 Å². The van der Waals surface area contributed by atoms with Crippen LogP contribution in [0.15, 0.2) is 36.7 Å². The molecule has 0 atom stereocenters. The molecule has 0 aliphatic rings. The molecule has 0 radical (unpaired) electrons. The Hall–Kier alpha value is -2.27. The van der Waals surface area contributed by atoms with Crippen molar-refractivity contribution in [1.29, 1.82) is 0 Å². The minimum Gasteiger partial charge on any atom is -0.495 e. The third kappa shape index (κ3) is 3.64. The van der Waals surface area contributed by atoms with Crippen molar-refractivity contribution in [2.24, 2.45) is 0 Å². The molecule has 0 spiro atoms. The van der Waals surface area contributed by atoms with E-state index in [2.05, 4.69) is 15.6 Å². The molecule has 21 heavy (non-hydrogen) atoms. The number of halogens is 1. The van der Waals surface area contributed by atoms with Gasteiger partial charge in [-0.05, 0) is 25.1 Å². The van der Waals surface area contributed by atoms with E-state index < -0.39 is 0 Å². The molecule has 6 heteroatoms. The van der Waals surface area contributed by atoms with Crippen molar-refractivity contribution in [1.82, 2.24) is 4.98 Å². The third-order valence-corrected chi connectivity index (χ3v) is 3.15. The maximum Gasteiger partial charge on any atom is 0.259 e. The molecule has 0 bridgehead atoms. The first-order valence-electron chi connectivity index (χ1n) is 6.48. The van der Waals surface area contributed by atoms with Crippen molar-refractivity contribution in [2.45, 2.75) is 6.92 Å². The summed E-state index contributed by atoms with van der Waals surface area (Å²) in [5, 5.41) is 6.42. The molecule has 0 saturated heterocycles. The van der Waals surface area contributed by atoms with Crippen LogP contribution in [-0.2, 0) is 0 Å². The topological polar surface area (TPSA) is 63.2 Å². The Labute approximate surface area is 128 Å². The van der Waals surface area contributed by atoms with E-state index in [0.717, 1.165) is 12.2 Å². The number of amides is 1. The first-order valence-corrected chi connectivity index (χ1v) is 6.86. The number of methoxy groups -OCH3 is 1. The molecule has 0 fully saturated rings. The normalized spacial score (nSPS) is 10.0. The fourth-order valence-corrected chi connectivity index (χ4v) is 2.05. The van der Waals surface area contributed by atoms with E-state index in [1.807, 2.05) is 6.92 Å². The molecule has 1 amide bonds. The fourth-order valence-electron chi connectivity index (χ4n) is 1.86. The first-order chi connectivity index (χ1) is 10.2. The molecule has 0 aliphatic heterocycles. The van der Waals surface area contributed by atoms with Gasteiger partial charge in [0.1, 0.15) is 5.75 Å². The zero-order valence-electron chi connectivity index (χ0n) is 11.8. The summed E-state index contributed by atoms with van der Waals surface area (Å²) in [7, 11) is 1.53. The van der Waals surface area contributed by atoms with Crippen molar-refractivity contribution < 1.29 is 9.53 Å². The lowest BCUT2D eigenvalue weighted by atomic mass is 10.2. The summed E-state index contributed by atoms with van der Waals surface area (Å²) in [6, 6.07) is 6.82. The highest BCUT2D eigenvalue weighted by Gasteiger charge is 2.12. The number of hydrogen-bond donors (Lipinski definition) is 2. The predicted octanol–water partition coefficient (Wildman–Crippen LogP) is 3.43. The molecule has 0 unspecified atom stereocenters. The van der Waals surface area contributed by atoms with E-state index >= 15 is 0 Å². The van der Waals surface area contributed by atoms with Crippen molar-refractivity contribution in [3.63, 3.8) is 0 Å². The summed E-state index contributed by atoms with van der Waals surface area (Å²) in [6.07, 6.45) is 3.17. The molecule has 2 rings (SSSR count). The van der Waals surface area contributed by atoms with E-state index in [9.17, 15) is 4.79 Å². The maximum absolute atomic E-state index is 12.3. The number of carbonyl (C=O) groups is 1. The average Bonchev–Trinajstić information content (AvgIpc) is 2.50. The lowest BCUT2D eigenvalue weighted by Crippen LogP contribution is -2.15. The Balaban J connectivity index is 2.22. The second kappa shape index (κ2) is 6.95. The van der Waals surface area contributed by atoms with Crippen molar-refractivity contribution >= 4 is 28.9 Å². The minimum atomic E-state index is -0.247. The van der Waals surface area contributed by atoms with Crippen LogP contribution >= 0.6 is 11.6 Å². The smallest absolute Gasteiger partial charge is 0.259 e. The molecule has 1 aromatic heterocycles. The highest BCUT2D eigenvalue weighted by Crippen LogP contribution is 2.27.